The SMILES string of the molecule is COc1ccc2cc3n(c2c1)C[C@@](C(=O)NC1CCCCCC1)(c1ccccc1)N(Cc1ccc(Cl)cc1)C3=O. The summed E-state index contributed by atoms with van der Waals surface area (Å²) in [5.74, 6) is 0.386. The van der Waals surface area contributed by atoms with Crippen molar-refractivity contribution >= 4 is 34.3 Å². The van der Waals surface area contributed by atoms with Crippen LogP contribution in [-0.2, 0) is 23.4 Å². The predicted octanol–water partition coefficient (Wildman–Crippen LogP) is 6.69. The van der Waals surface area contributed by atoms with E-state index in [1.807, 2.05) is 83.4 Å². The van der Waals surface area contributed by atoms with Gasteiger partial charge in [0.05, 0.1) is 19.2 Å². The maximum Gasteiger partial charge on any atom is 0.272 e. The average Bonchev–Trinajstić information content (AvgIpc) is 3.14. The Morgan fingerprint density at radius 1 is 0.975 bits per heavy atom. The number of methoxy groups -OCH3 is 1. The van der Waals surface area contributed by atoms with Gasteiger partial charge in [-0.1, -0.05) is 79.7 Å². The van der Waals surface area contributed by atoms with E-state index in [0.717, 1.165) is 47.7 Å². The molecule has 1 aliphatic heterocycles. The van der Waals surface area contributed by atoms with Crippen molar-refractivity contribution in [2.24, 2.45) is 0 Å². The molecule has 0 spiro atoms. The smallest absolute Gasteiger partial charge is 0.272 e. The number of nitrogens with one attached hydrogen (secondary N) is 1. The average molecular weight is 556 g/mol. The summed E-state index contributed by atoms with van der Waals surface area (Å²) >= 11 is 6.19. The zero-order chi connectivity index (χ0) is 27.7. The first-order valence-electron chi connectivity index (χ1n) is 14.1. The minimum absolute atomic E-state index is 0.0889. The number of rotatable bonds is 6. The van der Waals surface area contributed by atoms with Crippen LogP contribution in [0, 0.1) is 0 Å². The van der Waals surface area contributed by atoms with Gasteiger partial charge in [-0.3, -0.25) is 9.59 Å². The minimum Gasteiger partial charge on any atom is -0.497 e. The molecule has 0 saturated heterocycles. The Balaban J connectivity index is 1.53. The number of ether oxygens (including phenoxy) is 1. The van der Waals surface area contributed by atoms with Gasteiger partial charge in [-0.05, 0) is 54.3 Å². The lowest BCUT2D eigenvalue weighted by Crippen LogP contribution is -2.63. The van der Waals surface area contributed by atoms with Gasteiger partial charge in [-0.2, -0.15) is 0 Å². The molecule has 1 saturated carbocycles. The van der Waals surface area contributed by atoms with E-state index in [-0.39, 0.29) is 24.4 Å². The number of hydrogen-bond donors (Lipinski definition) is 1. The molecule has 2 amide bonds. The summed E-state index contributed by atoms with van der Waals surface area (Å²) in [6.07, 6.45) is 6.49. The molecule has 6 rings (SSSR count). The predicted molar refractivity (Wildman–Crippen MR) is 158 cm³/mol. The van der Waals surface area contributed by atoms with E-state index in [0.29, 0.717) is 23.0 Å². The molecule has 0 unspecified atom stereocenters. The summed E-state index contributed by atoms with van der Waals surface area (Å²) in [7, 11) is 1.63. The first-order valence-corrected chi connectivity index (χ1v) is 14.5. The third-order valence-corrected chi connectivity index (χ3v) is 8.75. The van der Waals surface area contributed by atoms with E-state index >= 15 is 0 Å². The molecule has 206 valence electrons. The third-order valence-electron chi connectivity index (χ3n) is 8.49. The molecule has 4 aromatic rings. The number of benzene rings is 3. The van der Waals surface area contributed by atoms with Crippen molar-refractivity contribution in [3.05, 3.63) is 101 Å². The van der Waals surface area contributed by atoms with E-state index in [9.17, 15) is 9.59 Å². The Labute approximate surface area is 239 Å². The molecular weight excluding hydrogens is 522 g/mol. The van der Waals surface area contributed by atoms with Crippen LogP contribution in [0.2, 0.25) is 5.02 Å². The van der Waals surface area contributed by atoms with Crippen molar-refractivity contribution in [2.75, 3.05) is 7.11 Å². The molecule has 1 N–H and O–H groups in total. The van der Waals surface area contributed by atoms with E-state index in [4.69, 9.17) is 16.3 Å². The normalized spacial score (nSPS) is 19.8. The molecule has 40 heavy (non-hydrogen) atoms. The molecule has 3 aromatic carbocycles. The number of hydrogen-bond acceptors (Lipinski definition) is 3. The van der Waals surface area contributed by atoms with Crippen LogP contribution >= 0.6 is 11.6 Å². The summed E-state index contributed by atoms with van der Waals surface area (Å²) in [5, 5.41) is 4.98. The quantitative estimate of drug-likeness (QED) is 0.269. The number of carbonyl (C=O) groups excluding carboxylic acids is 2. The van der Waals surface area contributed by atoms with Crippen LogP contribution in [0.1, 0.15) is 60.1 Å². The monoisotopic (exact) mass is 555 g/mol. The highest BCUT2D eigenvalue weighted by Gasteiger charge is 2.52. The van der Waals surface area contributed by atoms with Crippen LogP contribution in [0.15, 0.2) is 78.9 Å². The number of amides is 2. The molecule has 1 aliphatic carbocycles. The largest absolute Gasteiger partial charge is 0.497 e. The van der Waals surface area contributed by atoms with Crippen molar-refractivity contribution in [1.82, 2.24) is 14.8 Å². The van der Waals surface area contributed by atoms with Gasteiger partial charge in [0.15, 0.2) is 5.54 Å². The van der Waals surface area contributed by atoms with Crippen molar-refractivity contribution in [3.8, 4) is 5.75 Å². The van der Waals surface area contributed by atoms with Crippen LogP contribution in [-0.4, -0.2) is 34.4 Å². The van der Waals surface area contributed by atoms with Crippen LogP contribution < -0.4 is 10.1 Å². The molecule has 1 aromatic heterocycles. The second kappa shape index (κ2) is 11.0. The van der Waals surface area contributed by atoms with Gasteiger partial charge in [0.25, 0.3) is 11.8 Å². The first-order chi connectivity index (χ1) is 19.5. The Morgan fingerprint density at radius 3 is 2.40 bits per heavy atom. The lowest BCUT2D eigenvalue weighted by molar-refractivity contribution is -0.136. The Bertz CT molecular complexity index is 1520. The number of aromatic nitrogens is 1. The van der Waals surface area contributed by atoms with Crippen molar-refractivity contribution in [3.63, 3.8) is 0 Å². The van der Waals surface area contributed by atoms with Gasteiger partial charge in [0, 0.05) is 29.1 Å². The molecule has 6 nitrogen and oxygen atoms in total. The van der Waals surface area contributed by atoms with Gasteiger partial charge in [0.1, 0.15) is 11.4 Å². The molecular formula is C33H34ClN3O3. The first kappa shape index (κ1) is 26.5. The molecule has 2 heterocycles. The molecule has 2 aliphatic rings. The summed E-state index contributed by atoms with van der Waals surface area (Å²) in [5.41, 5.74) is 1.87. The zero-order valence-electron chi connectivity index (χ0n) is 22.7. The van der Waals surface area contributed by atoms with Crippen molar-refractivity contribution in [2.45, 2.75) is 63.2 Å². The van der Waals surface area contributed by atoms with E-state index < -0.39 is 5.54 Å². The second-order valence-corrected chi connectivity index (χ2v) is 11.4. The van der Waals surface area contributed by atoms with Crippen LogP contribution in [0.3, 0.4) is 0 Å². The Kier molecular flexibility index (Phi) is 7.28. The molecule has 0 radical (unpaired) electrons. The molecule has 1 fully saturated rings. The fourth-order valence-electron chi connectivity index (χ4n) is 6.33. The van der Waals surface area contributed by atoms with E-state index in [1.165, 1.54) is 12.8 Å². The summed E-state index contributed by atoms with van der Waals surface area (Å²) < 4.78 is 7.52. The second-order valence-electron chi connectivity index (χ2n) is 10.9. The maximum absolute atomic E-state index is 14.7. The van der Waals surface area contributed by atoms with Crippen molar-refractivity contribution in [1.29, 1.82) is 0 Å². The van der Waals surface area contributed by atoms with Crippen LogP contribution in [0.5, 0.6) is 5.75 Å². The van der Waals surface area contributed by atoms with Crippen LogP contribution in [0.4, 0.5) is 0 Å². The lowest BCUT2D eigenvalue weighted by atomic mass is 9.83. The van der Waals surface area contributed by atoms with Gasteiger partial charge >= 0.3 is 0 Å². The number of carbonyl (C=O) groups is 2. The number of fused-ring (bicyclic) bond motifs is 3. The standard InChI is InChI=1S/C33H34ClN3O3/c1-40-28-18-15-24-19-30-31(38)37(21-23-13-16-26(34)17-14-23)33(22-36(30)29(24)20-28,25-9-5-4-6-10-25)32(39)35-27-11-7-2-3-8-12-27/h4-6,9-10,13-20,27H,2-3,7-8,11-12,21-22H2,1H3,(H,35,39)/t33-/m0/s1. The fourth-order valence-corrected chi connectivity index (χ4v) is 6.45. The summed E-state index contributed by atoms with van der Waals surface area (Å²) in [6.45, 7) is 0.564. The highest BCUT2D eigenvalue weighted by Crippen LogP contribution is 2.41. The van der Waals surface area contributed by atoms with Gasteiger partial charge in [-0.25, -0.2) is 0 Å². The molecule has 7 heteroatoms. The topological polar surface area (TPSA) is 63.6 Å². The van der Waals surface area contributed by atoms with Gasteiger partial charge in [0.2, 0.25) is 0 Å². The molecule has 1 atom stereocenters. The highest BCUT2D eigenvalue weighted by molar-refractivity contribution is 6.30. The third kappa shape index (κ3) is 4.75. The van der Waals surface area contributed by atoms with E-state index in [2.05, 4.69) is 5.32 Å². The minimum atomic E-state index is -1.26. The number of nitrogens with zero attached hydrogens (tertiary/aromatic N) is 2. The van der Waals surface area contributed by atoms with Crippen molar-refractivity contribution < 1.29 is 14.3 Å². The van der Waals surface area contributed by atoms with Gasteiger partial charge < -0.3 is 19.5 Å². The lowest BCUT2D eigenvalue weighted by Gasteiger charge is -2.47. The fraction of sp³-hybridized carbons (Fsp3) is 0.333. The van der Waals surface area contributed by atoms with Gasteiger partial charge in [-0.15, -0.1) is 0 Å². The van der Waals surface area contributed by atoms with Crippen LogP contribution in [0.25, 0.3) is 10.9 Å². The number of halogens is 1. The zero-order valence-corrected chi connectivity index (χ0v) is 23.5. The Morgan fingerprint density at radius 2 is 1.70 bits per heavy atom. The Hall–Kier alpha value is -3.77. The van der Waals surface area contributed by atoms with E-state index in [1.54, 1.807) is 12.0 Å². The summed E-state index contributed by atoms with van der Waals surface area (Å²) in [4.78, 5) is 31.0. The summed E-state index contributed by atoms with van der Waals surface area (Å²) in [6, 6.07) is 25.0. The maximum atomic E-state index is 14.7. The molecule has 0 bridgehead atoms. The highest BCUT2D eigenvalue weighted by atomic mass is 35.5.